The first kappa shape index (κ1) is 19.9. The Balaban J connectivity index is 1.71. The average Bonchev–Trinajstić information content (AvgIpc) is 2.70. The molecule has 0 saturated heterocycles. The highest BCUT2D eigenvalue weighted by Crippen LogP contribution is 2.26. The molecule has 0 N–H and O–H groups in total. The molecule has 0 aliphatic carbocycles. The van der Waals surface area contributed by atoms with Crippen LogP contribution in [0, 0.1) is 24.4 Å². The predicted octanol–water partition coefficient (Wildman–Crippen LogP) is 5.59. The zero-order valence-corrected chi connectivity index (χ0v) is 15.6. The first-order valence-electron chi connectivity index (χ1n) is 8.88. The maximum atomic E-state index is 14.4. The van der Waals surface area contributed by atoms with Crippen LogP contribution in [0.2, 0.25) is 0 Å². The van der Waals surface area contributed by atoms with Gasteiger partial charge in [0.25, 0.3) is 0 Å². The van der Waals surface area contributed by atoms with Gasteiger partial charge < -0.3 is 9.47 Å². The smallest absolute Gasteiger partial charge is 0.168 e. The van der Waals surface area contributed by atoms with E-state index in [1.807, 2.05) is 0 Å². The van der Waals surface area contributed by atoms with Crippen molar-refractivity contribution in [1.29, 1.82) is 0 Å². The summed E-state index contributed by atoms with van der Waals surface area (Å²) in [4.78, 5) is 4.15. The van der Waals surface area contributed by atoms with Gasteiger partial charge in [0.1, 0.15) is 18.2 Å². The van der Waals surface area contributed by atoms with E-state index in [1.165, 1.54) is 24.4 Å². The minimum Gasteiger partial charge on any atom is -0.487 e. The normalized spacial score (nSPS) is 10.9. The van der Waals surface area contributed by atoms with Gasteiger partial charge in [-0.2, -0.15) is 0 Å². The fraction of sp³-hybridized carbons (Fsp3) is 0.227. The maximum absolute atomic E-state index is 14.4. The fourth-order valence-corrected chi connectivity index (χ4v) is 2.63. The Hall–Kier alpha value is -2.86. The Morgan fingerprint density at radius 3 is 2.43 bits per heavy atom. The second kappa shape index (κ2) is 8.89. The maximum Gasteiger partial charge on any atom is 0.168 e. The molecule has 1 aromatic heterocycles. The SMILES string of the molecule is CCOCc1ccc(-c2ccc(OCc3ccc(C)c(F)c3)cn2)c(F)c1F. The van der Waals surface area contributed by atoms with E-state index in [9.17, 15) is 13.2 Å². The molecular formula is C22H20F3NO2. The highest BCUT2D eigenvalue weighted by molar-refractivity contribution is 5.61. The van der Waals surface area contributed by atoms with E-state index in [1.54, 1.807) is 38.1 Å². The number of pyridine rings is 1. The van der Waals surface area contributed by atoms with Crippen LogP contribution >= 0.6 is 0 Å². The Morgan fingerprint density at radius 2 is 1.75 bits per heavy atom. The molecule has 0 fully saturated rings. The highest BCUT2D eigenvalue weighted by Gasteiger charge is 2.15. The number of ether oxygens (including phenoxy) is 2. The molecule has 0 unspecified atom stereocenters. The van der Waals surface area contributed by atoms with E-state index in [4.69, 9.17) is 9.47 Å². The third-order valence-corrected chi connectivity index (χ3v) is 4.28. The predicted molar refractivity (Wildman–Crippen MR) is 100 cm³/mol. The second-order valence-electron chi connectivity index (χ2n) is 6.29. The Bertz CT molecular complexity index is 959. The summed E-state index contributed by atoms with van der Waals surface area (Å²) in [6.07, 6.45) is 1.42. The van der Waals surface area contributed by atoms with E-state index >= 15 is 0 Å². The van der Waals surface area contributed by atoms with E-state index in [-0.39, 0.29) is 35.9 Å². The summed E-state index contributed by atoms with van der Waals surface area (Å²) >= 11 is 0. The van der Waals surface area contributed by atoms with Crippen molar-refractivity contribution in [2.45, 2.75) is 27.1 Å². The van der Waals surface area contributed by atoms with Crippen molar-refractivity contribution in [3.05, 3.63) is 82.8 Å². The molecule has 0 aliphatic heterocycles. The summed E-state index contributed by atoms with van der Waals surface area (Å²) in [5.74, 6) is -1.75. The van der Waals surface area contributed by atoms with Crippen molar-refractivity contribution in [3.8, 4) is 17.0 Å². The standard InChI is InChI=1S/C22H20F3NO2/c1-3-27-13-16-6-8-18(22(25)21(16)24)20-9-7-17(11-26-20)28-12-15-5-4-14(2)19(23)10-15/h4-11H,3,12-13H2,1-2H3. The molecule has 28 heavy (non-hydrogen) atoms. The third-order valence-electron chi connectivity index (χ3n) is 4.28. The molecular weight excluding hydrogens is 367 g/mol. The summed E-state index contributed by atoms with van der Waals surface area (Å²) in [5, 5.41) is 0. The molecule has 0 spiro atoms. The van der Waals surface area contributed by atoms with Crippen molar-refractivity contribution in [2.24, 2.45) is 0 Å². The molecule has 2 aromatic carbocycles. The van der Waals surface area contributed by atoms with Crippen LogP contribution in [-0.2, 0) is 18.0 Å². The third kappa shape index (κ3) is 4.51. The number of aryl methyl sites for hydroxylation is 1. The van der Waals surface area contributed by atoms with E-state index in [0.29, 0.717) is 23.5 Å². The number of halogens is 3. The van der Waals surface area contributed by atoms with Crippen LogP contribution in [0.15, 0.2) is 48.7 Å². The molecule has 3 rings (SSSR count). The lowest BCUT2D eigenvalue weighted by atomic mass is 10.1. The van der Waals surface area contributed by atoms with Gasteiger partial charge in [-0.25, -0.2) is 13.2 Å². The minimum atomic E-state index is -0.964. The zero-order valence-electron chi connectivity index (χ0n) is 15.6. The molecule has 1 heterocycles. The number of nitrogens with zero attached hydrogens (tertiary/aromatic N) is 1. The lowest BCUT2D eigenvalue weighted by Gasteiger charge is -2.10. The van der Waals surface area contributed by atoms with Gasteiger partial charge in [0.05, 0.1) is 18.5 Å². The Morgan fingerprint density at radius 1 is 0.929 bits per heavy atom. The zero-order chi connectivity index (χ0) is 20.1. The van der Waals surface area contributed by atoms with Gasteiger partial charge in [-0.15, -0.1) is 0 Å². The molecule has 3 nitrogen and oxygen atoms in total. The van der Waals surface area contributed by atoms with Crippen LogP contribution in [0.1, 0.15) is 23.6 Å². The highest BCUT2D eigenvalue weighted by atomic mass is 19.2. The van der Waals surface area contributed by atoms with Gasteiger partial charge in [-0.3, -0.25) is 4.98 Å². The molecule has 0 atom stereocenters. The Labute approximate surface area is 161 Å². The second-order valence-corrected chi connectivity index (χ2v) is 6.29. The monoisotopic (exact) mass is 387 g/mol. The molecule has 0 aliphatic rings. The average molecular weight is 387 g/mol. The lowest BCUT2D eigenvalue weighted by molar-refractivity contribution is 0.131. The molecule has 3 aromatic rings. The molecule has 0 radical (unpaired) electrons. The number of benzene rings is 2. The number of aromatic nitrogens is 1. The summed E-state index contributed by atoms with van der Waals surface area (Å²) < 4.78 is 52.8. The van der Waals surface area contributed by atoms with Crippen molar-refractivity contribution in [2.75, 3.05) is 6.61 Å². The van der Waals surface area contributed by atoms with Gasteiger partial charge in [0, 0.05) is 17.7 Å². The molecule has 146 valence electrons. The number of rotatable bonds is 7. The van der Waals surface area contributed by atoms with E-state index in [0.717, 1.165) is 0 Å². The first-order valence-corrected chi connectivity index (χ1v) is 8.88. The van der Waals surface area contributed by atoms with Crippen LogP contribution in [0.4, 0.5) is 13.2 Å². The lowest BCUT2D eigenvalue weighted by Crippen LogP contribution is -2.01. The van der Waals surface area contributed by atoms with E-state index < -0.39 is 11.6 Å². The summed E-state index contributed by atoms with van der Waals surface area (Å²) in [7, 11) is 0. The van der Waals surface area contributed by atoms with Gasteiger partial charge in [-0.05, 0) is 49.2 Å². The van der Waals surface area contributed by atoms with Crippen molar-refractivity contribution in [1.82, 2.24) is 4.98 Å². The fourth-order valence-electron chi connectivity index (χ4n) is 2.63. The van der Waals surface area contributed by atoms with E-state index in [2.05, 4.69) is 4.98 Å². The van der Waals surface area contributed by atoms with Crippen molar-refractivity contribution < 1.29 is 22.6 Å². The van der Waals surface area contributed by atoms with Crippen LogP contribution in [0.25, 0.3) is 11.3 Å². The molecule has 0 saturated carbocycles. The summed E-state index contributed by atoms with van der Waals surface area (Å²) in [6, 6.07) is 11.0. The molecule has 0 amide bonds. The van der Waals surface area contributed by atoms with Gasteiger partial charge >= 0.3 is 0 Å². The summed E-state index contributed by atoms with van der Waals surface area (Å²) in [6.45, 7) is 4.08. The largest absolute Gasteiger partial charge is 0.487 e. The number of hydrogen-bond acceptors (Lipinski definition) is 3. The molecule has 6 heteroatoms. The minimum absolute atomic E-state index is 0.0132. The Kier molecular flexibility index (Phi) is 6.31. The number of hydrogen-bond donors (Lipinski definition) is 0. The van der Waals surface area contributed by atoms with Gasteiger partial charge in [0.15, 0.2) is 11.6 Å². The quantitative estimate of drug-likeness (QED) is 0.530. The summed E-state index contributed by atoms with van der Waals surface area (Å²) in [5.41, 5.74) is 1.76. The topological polar surface area (TPSA) is 31.4 Å². The first-order chi connectivity index (χ1) is 13.5. The van der Waals surface area contributed by atoms with Crippen molar-refractivity contribution in [3.63, 3.8) is 0 Å². The van der Waals surface area contributed by atoms with Gasteiger partial charge in [0.2, 0.25) is 0 Å². The van der Waals surface area contributed by atoms with Crippen LogP contribution in [0.3, 0.4) is 0 Å². The van der Waals surface area contributed by atoms with Crippen LogP contribution < -0.4 is 4.74 Å². The van der Waals surface area contributed by atoms with Crippen LogP contribution in [-0.4, -0.2) is 11.6 Å². The van der Waals surface area contributed by atoms with Crippen LogP contribution in [0.5, 0.6) is 5.75 Å². The molecule has 0 bridgehead atoms. The van der Waals surface area contributed by atoms with Crippen molar-refractivity contribution >= 4 is 0 Å². The van der Waals surface area contributed by atoms with Gasteiger partial charge in [-0.1, -0.05) is 18.2 Å².